The molecule has 0 aliphatic carbocycles. The van der Waals surface area contributed by atoms with Crippen LogP contribution in [0.25, 0.3) is 0 Å². The fraction of sp³-hybridized carbons (Fsp3) is 0.250. The van der Waals surface area contributed by atoms with E-state index in [-0.39, 0.29) is 10.5 Å². The van der Waals surface area contributed by atoms with Crippen molar-refractivity contribution in [1.82, 2.24) is 0 Å². The molecule has 0 aliphatic heterocycles. The van der Waals surface area contributed by atoms with Gasteiger partial charge < -0.3 is 0 Å². The van der Waals surface area contributed by atoms with Crippen LogP contribution in [0, 0.1) is 19.7 Å². The minimum absolute atomic E-state index is 0. The predicted octanol–water partition coefficient (Wildman–Crippen LogP) is 2.60. The molecule has 0 saturated carbocycles. The molecule has 0 spiro atoms. The van der Waals surface area contributed by atoms with E-state index in [1.165, 1.54) is 0 Å². The molecule has 2 heteroatoms. The number of benzene rings is 1. The average molecular weight is 144 g/mol. The molecule has 0 aliphatic rings. The molecular formula is C8H10F2. The van der Waals surface area contributed by atoms with E-state index in [0.717, 1.165) is 11.1 Å². The van der Waals surface area contributed by atoms with E-state index in [1.807, 2.05) is 6.07 Å². The maximum atomic E-state index is 12.7. The van der Waals surface area contributed by atoms with Crippen molar-refractivity contribution in [2.45, 2.75) is 13.8 Å². The largest absolute Gasteiger partial charge is 0.269 e. The molecule has 1 aromatic rings. The van der Waals surface area contributed by atoms with Gasteiger partial charge >= 0.3 is 0 Å². The van der Waals surface area contributed by atoms with E-state index < -0.39 is 0 Å². The van der Waals surface area contributed by atoms with Crippen molar-refractivity contribution >= 4 is 0 Å². The third kappa shape index (κ3) is 1.53. The van der Waals surface area contributed by atoms with E-state index in [1.54, 1.807) is 26.0 Å². The summed E-state index contributed by atoms with van der Waals surface area (Å²) in [6.07, 6.45) is 0. The van der Waals surface area contributed by atoms with Gasteiger partial charge in [0.1, 0.15) is 5.82 Å². The number of rotatable bonds is 0. The monoisotopic (exact) mass is 144 g/mol. The molecule has 0 nitrogen and oxygen atoms in total. The molecule has 0 bridgehead atoms. The highest BCUT2D eigenvalue weighted by Crippen LogP contribution is 2.09. The highest BCUT2D eigenvalue weighted by molar-refractivity contribution is 5.23. The fourth-order valence-corrected chi connectivity index (χ4v) is 0.794. The molecule has 0 radical (unpaired) electrons. The van der Waals surface area contributed by atoms with Crippen LogP contribution in [-0.4, -0.2) is 0 Å². The average Bonchev–Trinajstić information content (AvgIpc) is 1.83. The van der Waals surface area contributed by atoms with Gasteiger partial charge in [-0.3, -0.25) is 4.70 Å². The van der Waals surface area contributed by atoms with Crippen molar-refractivity contribution in [2.75, 3.05) is 0 Å². The van der Waals surface area contributed by atoms with Crippen molar-refractivity contribution in [2.24, 2.45) is 0 Å². The maximum absolute atomic E-state index is 12.7. The number of hydrogen-bond donors (Lipinski definition) is 0. The van der Waals surface area contributed by atoms with E-state index in [9.17, 15) is 4.39 Å². The Morgan fingerprint density at radius 3 is 1.80 bits per heavy atom. The zero-order chi connectivity index (χ0) is 6.85. The van der Waals surface area contributed by atoms with E-state index >= 15 is 0 Å². The third-order valence-corrected chi connectivity index (χ3v) is 1.38. The van der Waals surface area contributed by atoms with Crippen molar-refractivity contribution in [3.63, 3.8) is 0 Å². The minimum atomic E-state index is -0.0856. The Morgan fingerprint density at radius 1 is 1.10 bits per heavy atom. The van der Waals surface area contributed by atoms with Crippen LogP contribution in [0.3, 0.4) is 0 Å². The molecule has 1 rings (SSSR count). The van der Waals surface area contributed by atoms with Gasteiger partial charge in [-0.1, -0.05) is 18.2 Å². The van der Waals surface area contributed by atoms with E-state index in [0.29, 0.717) is 0 Å². The number of halogens is 2. The lowest BCUT2D eigenvalue weighted by Gasteiger charge is -1.96. The first-order chi connectivity index (χ1) is 4.22. The van der Waals surface area contributed by atoms with E-state index in [4.69, 9.17) is 0 Å². The summed E-state index contributed by atoms with van der Waals surface area (Å²) in [4.78, 5) is 0. The van der Waals surface area contributed by atoms with Crippen LogP contribution in [0.1, 0.15) is 11.1 Å². The van der Waals surface area contributed by atoms with Crippen LogP contribution in [0.5, 0.6) is 0 Å². The molecule has 56 valence electrons. The Balaban J connectivity index is 0.000000810. The summed E-state index contributed by atoms with van der Waals surface area (Å²) < 4.78 is 12.7. The first kappa shape index (κ1) is 9.08. The summed E-state index contributed by atoms with van der Waals surface area (Å²) in [5.41, 5.74) is 1.44. The lowest BCUT2D eigenvalue weighted by molar-refractivity contribution is 0.609. The molecule has 0 amide bonds. The first-order valence-electron chi connectivity index (χ1n) is 2.93. The molecule has 0 N–H and O–H groups in total. The Hall–Kier alpha value is -0.920. The molecule has 10 heavy (non-hydrogen) atoms. The highest BCUT2D eigenvalue weighted by atomic mass is 19.1. The van der Waals surface area contributed by atoms with Crippen molar-refractivity contribution in [1.29, 1.82) is 0 Å². The molecule has 0 saturated heterocycles. The van der Waals surface area contributed by atoms with Crippen molar-refractivity contribution in [3.05, 3.63) is 35.1 Å². The second-order valence-electron chi connectivity index (χ2n) is 2.21. The smallest absolute Gasteiger partial charge is 0.129 e. The van der Waals surface area contributed by atoms with Gasteiger partial charge in [0.2, 0.25) is 0 Å². The van der Waals surface area contributed by atoms with Gasteiger partial charge in [0, 0.05) is 0 Å². The summed E-state index contributed by atoms with van der Waals surface area (Å²) in [6, 6.07) is 5.39. The molecule has 1 aromatic carbocycles. The van der Waals surface area contributed by atoms with Gasteiger partial charge in [0.25, 0.3) is 0 Å². The summed E-state index contributed by atoms with van der Waals surface area (Å²) in [6.45, 7) is 3.53. The molecular weight excluding hydrogens is 134 g/mol. The van der Waals surface area contributed by atoms with Crippen molar-refractivity contribution in [3.8, 4) is 0 Å². The second kappa shape index (κ2) is 3.30. The number of aryl methyl sites for hydroxylation is 2. The zero-order valence-electron chi connectivity index (χ0n) is 6.02. The summed E-state index contributed by atoms with van der Waals surface area (Å²) in [7, 11) is 0. The summed E-state index contributed by atoms with van der Waals surface area (Å²) in [5, 5.41) is 0. The zero-order valence-corrected chi connectivity index (χ0v) is 6.02. The van der Waals surface area contributed by atoms with Crippen LogP contribution in [-0.2, 0) is 0 Å². The maximum Gasteiger partial charge on any atom is 0.129 e. The van der Waals surface area contributed by atoms with Gasteiger partial charge in [-0.05, 0) is 25.0 Å². The van der Waals surface area contributed by atoms with E-state index in [2.05, 4.69) is 0 Å². The Bertz CT molecular complexity index is 198. The molecule has 0 unspecified atom stereocenters. The Kier molecular flexibility index (Phi) is 3.00. The van der Waals surface area contributed by atoms with Gasteiger partial charge in [0.15, 0.2) is 0 Å². The fourth-order valence-electron chi connectivity index (χ4n) is 0.794. The Morgan fingerprint density at radius 2 is 1.50 bits per heavy atom. The lowest BCUT2D eigenvalue weighted by atomic mass is 10.1. The third-order valence-electron chi connectivity index (χ3n) is 1.38. The molecule has 0 aromatic heterocycles. The number of hydrogen-bond acceptors (Lipinski definition) is 0. The molecule has 0 atom stereocenters. The van der Waals surface area contributed by atoms with Crippen molar-refractivity contribution < 1.29 is 9.09 Å². The highest BCUT2D eigenvalue weighted by Gasteiger charge is 1.96. The van der Waals surface area contributed by atoms with Crippen LogP contribution in [0.4, 0.5) is 9.09 Å². The van der Waals surface area contributed by atoms with Gasteiger partial charge in [0.05, 0.1) is 0 Å². The Labute approximate surface area is 59.1 Å². The standard InChI is InChI=1S/C8H9F.FH/c1-6-4-3-5-7(2)8(6)9;/h3-5H,1-2H3;1H. The normalized spacial score (nSPS) is 8.70. The van der Waals surface area contributed by atoms with Crippen LogP contribution >= 0.6 is 0 Å². The van der Waals surface area contributed by atoms with Crippen LogP contribution in [0.2, 0.25) is 0 Å². The quantitative estimate of drug-likeness (QED) is 0.525. The minimum Gasteiger partial charge on any atom is -0.269 e. The predicted molar refractivity (Wildman–Crippen MR) is 38.4 cm³/mol. The van der Waals surface area contributed by atoms with Gasteiger partial charge in [-0.15, -0.1) is 0 Å². The van der Waals surface area contributed by atoms with Crippen LogP contribution in [0.15, 0.2) is 18.2 Å². The summed E-state index contributed by atoms with van der Waals surface area (Å²) in [5.74, 6) is -0.0856. The van der Waals surface area contributed by atoms with Gasteiger partial charge in [-0.2, -0.15) is 0 Å². The van der Waals surface area contributed by atoms with Crippen LogP contribution < -0.4 is 0 Å². The topological polar surface area (TPSA) is 0 Å². The SMILES string of the molecule is Cc1cccc(C)c1F.F. The lowest BCUT2D eigenvalue weighted by Crippen LogP contribution is -1.84. The summed E-state index contributed by atoms with van der Waals surface area (Å²) >= 11 is 0. The molecule has 0 fully saturated rings. The second-order valence-corrected chi connectivity index (χ2v) is 2.21. The molecule has 0 heterocycles. The van der Waals surface area contributed by atoms with Gasteiger partial charge in [-0.25, -0.2) is 4.39 Å². The first-order valence-corrected chi connectivity index (χ1v) is 2.93.